The molecule has 33 heavy (non-hydrogen) atoms. The van der Waals surface area contributed by atoms with Crippen molar-refractivity contribution in [3.05, 3.63) is 0 Å². The Morgan fingerprint density at radius 2 is 1.06 bits per heavy atom. The van der Waals surface area contributed by atoms with Gasteiger partial charge >= 0.3 is 29.8 Å². The third-order valence-corrected chi connectivity index (χ3v) is 5.10. The van der Waals surface area contributed by atoms with Gasteiger partial charge in [0.1, 0.15) is 0 Å². The average Bonchev–Trinajstić information content (AvgIpc) is 2.73. The van der Waals surface area contributed by atoms with Gasteiger partial charge in [-0.15, -0.1) is 0 Å². The Bertz CT molecular complexity index is 558. The van der Waals surface area contributed by atoms with Crippen LogP contribution < -0.4 is 0 Å². The first-order valence-corrected chi connectivity index (χ1v) is 11.9. The van der Waals surface area contributed by atoms with E-state index in [-0.39, 0.29) is 5.92 Å². The van der Waals surface area contributed by atoms with Crippen LogP contribution in [-0.2, 0) is 28.7 Å². The van der Waals surface area contributed by atoms with E-state index in [9.17, 15) is 24.0 Å². The van der Waals surface area contributed by atoms with Crippen LogP contribution in [0.3, 0.4) is 0 Å². The van der Waals surface area contributed by atoms with Crippen LogP contribution in [0.2, 0.25) is 0 Å². The van der Waals surface area contributed by atoms with E-state index in [1.54, 1.807) is 6.92 Å². The second-order valence-corrected chi connectivity index (χ2v) is 8.47. The highest BCUT2D eigenvalue weighted by molar-refractivity contribution is 5.88. The lowest BCUT2D eigenvalue weighted by molar-refractivity contribution is -0.162. The summed E-state index contributed by atoms with van der Waals surface area (Å²) in [5, 5.41) is 25.2. The standard InChI is InChI=1S/C16H32O2.C8H10O7/c1-4-11-14(2)12-9-7-5-6-8-10-13-15(3)16(17)18;9-5(10)1-3-7(13)15-8(14)4-2-6(11)12/h14-15H,4-13H2,1-3H3,(H,17,18);1-4H2,(H,9,10)(H,11,12). The van der Waals surface area contributed by atoms with Crippen LogP contribution in [0.4, 0.5) is 0 Å². The van der Waals surface area contributed by atoms with Crippen molar-refractivity contribution in [2.75, 3.05) is 0 Å². The first kappa shape index (κ1) is 32.7. The molecule has 0 saturated carbocycles. The molecule has 0 amide bonds. The number of ether oxygens (including phenoxy) is 1. The fourth-order valence-corrected chi connectivity index (χ4v) is 3.06. The lowest BCUT2D eigenvalue weighted by Crippen LogP contribution is -2.14. The maximum absolute atomic E-state index is 10.7. The highest BCUT2D eigenvalue weighted by atomic mass is 16.6. The van der Waals surface area contributed by atoms with Gasteiger partial charge in [0.2, 0.25) is 0 Å². The average molecular weight is 475 g/mol. The molecule has 0 aliphatic carbocycles. The summed E-state index contributed by atoms with van der Waals surface area (Å²) in [7, 11) is 0. The number of carbonyl (C=O) groups is 5. The second kappa shape index (κ2) is 21.4. The van der Waals surface area contributed by atoms with Crippen LogP contribution >= 0.6 is 0 Å². The SMILES string of the molecule is CCCC(C)CCCCCCCCC(C)C(=O)O.O=C(O)CCC(=O)OC(=O)CCC(=O)O. The molecule has 2 unspecified atom stereocenters. The third kappa shape index (κ3) is 25.7. The van der Waals surface area contributed by atoms with Crippen molar-refractivity contribution in [3.63, 3.8) is 0 Å². The zero-order chi connectivity index (χ0) is 25.6. The summed E-state index contributed by atoms with van der Waals surface area (Å²) in [5.74, 6) is -4.21. The summed E-state index contributed by atoms with van der Waals surface area (Å²) in [6.45, 7) is 6.42. The summed E-state index contributed by atoms with van der Waals surface area (Å²) >= 11 is 0. The highest BCUT2D eigenvalue weighted by Gasteiger charge is 2.13. The molecule has 192 valence electrons. The fraction of sp³-hybridized carbons (Fsp3) is 0.792. The quantitative estimate of drug-likeness (QED) is 0.140. The van der Waals surface area contributed by atoms with E-state index in [1.807, 2.05) is 0 Å². The molecule has 0 aromatic carbocycles. The number of carbonyl (C=O) groups excluding carboxylic acids is 2. The summed E-state index contributed by atoms with van der Waals surface area (Å²) in [5.41, 5.74) is 0. The van der Waals surface area contributed by atoms with Crippen molar-refractivity contribution in [3.8, 4) is 0 Å². The minimum Gasteiger partial charge on any atom is -0.481 e. The Labute approximate surface area is 196 Å². The third-order valence-electron chi connectivity index (χ3n) is 5.10. The fourth-order valence-electron chi connectivity index (χ4n) is 3.06. The maximum atomic E-state index is 10.7. The van der Waals surface area contributed by atoms with Crippen LogP contribution in [0.1, 0.15) is 111 Å². The first-order chi connectivity index (χ1) is 15.5. The Balaban J connectivity index is 0. The van der Waals surface area contributed by atoms with Gasteiger partial charge in [0.05, 0.1) is 31.6 Å². The number of esters is 2. The van der Waals surface area contributed by atoms with Crippen molar-refractivity contribution in [2.45, 2.75) is 111 Å². The van der Waals surface area contributed by atoms with E-state index in [0.717, 1.165) is 18.8 Å². The van der Waals surface area contributed by atoms with E-state index in [4.69, 9.17) is 15.3 Å². The Kier molecular flexibility index (Phi) is 21.2. The van der Waals surface area contributed by atoms with Gasteiger partial charge in [-0.25, -0.2) is 0 Å². The number of aliphatic carboxylic acids is 3. The molecular formula is C24H42O9. The molecule has 0 aromatic heterocycles. The largest absolute Gasteiger partial charge is 0.481 e. The maximum Gasteiger partial charge on any atom is 0.314 e. The monoisotopic (exact) mass is 474 g/mol. The zero-order valence-corrected chi connectivity index (χ0v) is 20.3. The van der Waals surface area contributed by atoms with Gasteiger partial charge < -0.3 is 20.1 Å². The van der Waals surface area contributed by atoms with Crippen molar-refractivity contribution >= 4 is 29.8 Å². The molecule has 0 aliphatic heterocycles. The number of rotatable bonds is 18. The van der Waals surface area contributed by atoms with Gasteiger partial charge in [-0.05, 0) is 12.3 Å². The van der Waals surface area contributed by atoms with Gasteiger partial charge in [0.25, 0.3) is 0 Å². The van der Waals surface area contributed by atoms with Crippen LogP contribution in [0.15, 0.2) is 0 Å². The molecule has 2 atom stereocenters. The van der Waals surface area contributed by atoms with E-state index in [0.29, 0.717) is 0 Å². The molecule has 0 saturated heterocycles. The lowest BCUT2D eigenvalue weighted by atomic mass is 9.97. The van der Waals surface area contributed by atoms with E-state index < -0.39 is 55.5 Å². The molecule has 0 fully saturated rings. The predicted octanol–water partition coefficient (Wildman–Crippen LogP) is 5.05. The zero-order valence-electron chi connectivity index (χ0n) is 20.3. The van der Waals surface area contributed by atoms with E-state index >= 15 is 0 Å². The van der Waals surface area contributed by atoms with Crippen LogP contribution in [-0.4, -0.2) is 45.2 Å². The number of carboxylic acids is 3. The summed E-state index contributed by atoms with van der Waals surface area (Å²) < 4.78 is 4.15. The van der Waals surface area contributed by atoms with Gasteiger partial charge in [0, 0.05) is 0 Å². The van der Waals surface area contributed by atoms with E-state index in [2.05, 4.69) is 18.6 Å². The molecule has 0 heterocycles. The minimum atomic E-state index is -1.18. The van der Waals surface area contributed by atoms with Gasteiger partial charge in [-0.2, -0.15) is 0 Å². The molecule has 0 bridgehead atoms. The number of hydrogen-bond donors (Lipinski definition) is 3. The number of carboxylic acid groups (broad SMARTS) is 3. The summed E-state index contributed by atoms with van der Waals surface area (Å²) in [6, 6.07) is 0. The molecule has 9 nitrogen and oxygen atoms in total. The highest BCUT2D eigenvalue weighted by Crippen LogP contribution is 2.16. The minimum absolute atomic E-state index is 0.167. The number of hydrogen-bond acceptors (Lipinski definition) is 6. The molecule has 0 radical (unpaired) electrons. The molecule has 0 aliphatic rings. The van der Waals surface area contributed by atoms with Crippen LogP contribution in [0.25, 0.3) is 0 Å². The molecule has 0 spiro atoms. The normalized spacial score (nSPS) is 12.1. The van der Waals surface area contributed by atoms with Crippen LogP contribution in [0, 0.1) is 11.8 Å². The van der Waals surface area contributed by atoms with Crippen molar-refractivity contribution in [1.29, 1.82) is 0 Å². The van der Waals surface area contributed by atoms with Gasteiger partial charge in [-0.3, -0.25) is 24.0 Å². The summed E-state index contributed by atoms with van der Waals surface area (Å²) in [6.07, 6.45) is 10.8. The molecule has 0 aromatic rings. The number of unbranched alkanes of at least 4 members (excludes halogenated alkanes) is 5. The van der Waals surface area contributed by atoms with E-state index in [1.165, 1.54) is 51.4 Å². The first-order valence-electron chi connectivity index (χ1n) is 11.9. The van der Waals surface area contributed by atoms with Crippen molar-refractivity contribution in [1.82, 2.24) is 0 Å². The summed E-state index contributed by atoms with van der Waals surface area (Å²) in [4.78, 5) is 52.2. The molecule has 0 rings (SSSR count). The van der Waals surface area contributed by atoms with Crippen LogP contribution in [0.5, 0.6) is 0 Å². The smallest absolute Gasteiger partial charge is 0.314 e. The topological polar surface area (TPSA) is 155 Å². The molecule has 9 heteroatoms. The Morgan fingerprint density at radius 1 is 0.636 bits per heavy atom. The molecule has 3 N–H and O–H groups in total. The van der Waals surface area contributed by atoms with Gasteiger partial charge in [-0.1, -0.05) is 78.6 Å². The van der Waals surface area contributed by atoms with Crippen molar-refractivity contribution in [2.24, 2.45) is 11.8 Å². The predicted molar refractivity (Wildman–Crippen MR) is 123 cm³/mol. The lowest BCUT2D eigenvalue weighted by Gasteiger charge is -2.09. The second-order valence-electron chi connectivity index (χ2n) is 8.47. The Hall–Kier alpha value is -2.45. The van der Waals surface area contributed by atoms with Crippen molar-refractivity contribution < 1.29 is 44.0 Å². The van der Waals surface area contributed by atoms with Gasteiger partial charge in [0.15, 0.2) is 0 Å². The Morgan fingerprint density at radius 3 is 1.45 bits per heavy atom. The molecular weight excluding hydrogens is 432 g/mol.